The molecule has 0 aliphatic heterocycles. The van der Waals surface area contributed by atoms with Gasteiger partial charge in [-0.3, -0.25) is 4.79 Å². The second-order valence-electron chi connectivity index (χ2n) is 3.56. The van der Waals surface area contributed by atoms with Crippen molar-refractivity contribution in [3.05, 3.63) is 24.3 Å². The van der Waals surface area contributed by atoms with Crippen molar-refractivity contribution in [1.29, 1.82) is 0 Å². The van der Waals surface area contributed by atoms with E-state index in [4.69, 9.17) is 14.2 Å². The smallest absolute Gasteiger partial charge is 0.344 e. The van der Waals surface area contributed by atoms with E-state index in [1.807, 2.05) is 0 Å². The molecule has 0 bridgehead atoms. The third-order valence-electron chi connectivity index (χ3n) is 1.93. The Morgan fingerprint density at radius 1 is 1.00 bits per heavy atom. The van der Waals surface area contributed by atoms with Crippen molar-refractivity contribution in [1.82, 2.24) is 0 Å². The summed E-state index contributed by atoms with van der Waals surface area (Å²) >= 11 is 0. The maximum absolute atomic E-state index is 11.1. The van der Waals surface area contributed by atoms with Crippen LogP contribution in [0.2, 0.25) is 0 Å². The molecule has 0 fully saturated rings. The molecule has 0 heterocycles. The number of esters is 1. The molecule has 0 radical (unpaired) electrons. The molecule has 18 heavy (non-hydrogen) atoms. The Bertz CT molecular complexity index is 396. The third kappa shape index (κ3) is 5.34. The number of hydrogen-bond acceptors (Lipinski definition) is 5. The van der Waals surface area contributed by atoms with Gasteiger partial charge in [-0.25, -0.2) is 4.79 Å². The molecule has 0 aromatic heterocycles. The Hall–Kier alpha value is -2.04. The molecule has 0 saturated carbocycles. The number of ether oxygens (including phenoxy) is 3. The lowest BCUT2D eigenvalue weighted by atomic mass is 10.3. The van der Waals surface area contributed by atoms with E-state index >= 15 is 0 Å². The van der Waals surface area contributed by atoms with Crippen molar-refractivity contribution in [3.8, 4) is 11.5 Å². The van der Waals surface area contributed by atoms with Crippen LogP contribution in [-0.2, 0) is 14.3 Å². The summed E-state index contributed by atoms with van der Waals surface area (Å²) in [5.74, 6) is 0.666. The van der Waals surface area contributed by atoms with Crippen LogP contribution in [0.1, 0.15) is 13.8 Å². The molecule has 1 aromatic rings. The molecule has 98 valence electrons. The summed E-state index contributed by atoms with van der Waals surface area (Å²) in [6.07, 6.45) is 0. The van der Waals surface area contributed by atoms with Crippen LogP contribution in [0.4, 0.5) is 0 Å². The van der Waals surface area contributed by atoms with E-state index in [1.54, 1.807) is 31.2 Å². The number of Topliss-reactive ketones (excluding diaryl/α,β-unsaturated/α-hetero) is 1. The monoisotopic (exact) mass is 252 g/mol. The second kappa shape index (κ2) is 7.32. The normalized spacial score (nSPS) is 9.67. The highest BCUT2D eigenvalue weighted by molar-refractivity contribution is 5.77. The number of carbonyl (C=O) groups is 2. The van der Waals surface area contributed by atoms with Gasteiger partial charge in [-0.05, 0) is 38.1 Å². The Balaban J connectivity index is 2.40. The molecule has 0 aliphatic carbocycles. The van der Waals surface area contributed by atoms with Gasteiger partial charge in [0.05, 0.1) is 6.61 Å². The molecule has 0 saturated heterocycles. The van der Waals surface area contributed by atoms with Gasteiger partial charge in [0.1, 0.15) is 18.1 Å². The summed E-state index contributed by atoms with van der Waals surface area (Å²) in [6.45, 7) is 3.44. The molecular weight excluding hydrogens is 236 g/mol. The fourth-order valence-electron chi connectivity index (χ4n) is 1.16. The van der Waals surface area contributed by atoms with E-state index in [0.717, 1.165) is 0 Å². The predicted octanol–water partition coefficient (Wildman–Crippen LogP) is 1.60. The first kappa shape index (κ1) is 14.0. The summed E-state index contributed by atoms with van der Waals surface area (Å²) in [4.78, 5) is 21.8. The van der Waals surface area contributed by atoms with Gasteiger partial charge in [-0.1, -0.05) is 0 Å². The van der Waals surface area contributed by atoms with Gasteiger partial charge in [-0.15, -0.1) is 0 Å². The zero-order chi connectivity index (χ0) is 13.4. The standard InChI is InChI=1S/C13H16O5/c1-3-16-13(15)9-18-12-6-4-11(5-7-12)17-8-10(2)14/h4-7H,3,8-9H2,1-2H3. The van der Waals surface area contributed by atoms with Crippen molar-refractivity contribution < 1.29 is 23.8 Å². The van der Waals surface area contributed by atoms with Crippen LogP contribution in [0.25, 0.3) is 0 Å². The zero-order valence-corrected chi connectivity index (χ0v) is 10.5. The van der Waals surface area contributed by atoms with Gasteiger partial charge in [0, 0.05) is 0 Å². The van der Waals surface area contributed by atoms with Gasteiger partial charge in [0.2, 0.25) is 0 Å². The lowest BCUT2D eigenvalue weighted by Gasteiger charge is -2.07. The van der Waals surface area contributed by atoms with Gasteiger partial charge >= 0.3 is 5.97 Å². The summed E-state index contributed by atoms with van der Waals surface area (Å²) in [5, 5.41) is 0. The fourth-order valence-corrected chi connectivity index (χ4v) is 1.16. The highest BCUT2D eigenvalue weighted by Gasteiger charge is 2.03. The topological polar surface area (TPSA) is 61.8 Å². The minimum atomic E-state index is -0.408. The van der Waals surface area contributed by atoms with E-state index in [1.165, 1.54) is 6.92 Å². The van der Waals surface area contributed by atoms with E-state index < -0.39 is 5.97 Å². The van der Waals surface area contributed by atoms with Gasteiger partial charge in [-0.2, -0.15) is 0 Å². The van der Waals surface area contributed by atoms with Crippen molar-refractivity contribution >= 4 is 11.8 Å². The molecule has 0 amide bonds. The molecule has 5 nitrogen and oxygen atoms in total. The average Bonchev–Trinajstić information content (AvgIpc) is 2.35. The number of carbonyl (C=O) groups excluding carboxylic acids is 2. The molecule has 0 unspecified atom stereocenters. The van der Waals surface area contributed by atoms with Gasteiger partial charge in [0.25, 0.3) is 0 Å². The Morgan fingerprint density at radius 2 is 1.50 bits per heavy atom. The minimum absolute atomic E-state index is 0.0439. The maximum Gasteiger partial charge on any atom is 0.344 e. The summed E-state index contributed by atoms with van der Waals surface area (Å²) < 4.78 is 15.1. The highest BCUT2D eigenvalue weighted by Crippen LogP contribution is 2.17. The molecular formula is C13H16O5. The Morgan fingerprint density at radius 3 is 1.94 bits per heavy atom. The Labute approximate surface area is 106 Å². The predicted molar refractivity (Wildman–Crippen MR) is 64.7 cm³/mol. The molecule has 0 spiro atoms. The number of ketones is 1. The fraction of sp³-hybridized carbons (Fsp3) is 0.385. The molecule has 1 rings (SSSR count). The maximum atomic E-state index is 11.1. The minimum Gasteiger partial charge on any atom is -0.486 e. The Kier molecular flexibility index (Phi) is 5.70. The molecule has 5 heteroatoms. The zero-order valence-electron chi connectivity index (χ0n) is 10.5. The highest BCUT2D eigenvalue weighted by atomic mass is 16.6. The van der Waals surface area contributed by atoms with E-state index in [-0.39, 0.29) is 19.0 Å². The first-order chi connectivity index (χ1) is 8.61. The molecule has 0 N–H and O–H groups in total. The van der Waals surface area contributed by atoms with Crippen molar-refractivity contribution in [3.63, 3.8) is 0 Å². The molecule has 0 atom stereocenters. The molecule has 1 aromatic carbocycles. The van der Waals surface area contributed by atoms with Crippen LogP contribution in [0.5, 0.6) is 11.5 Å². The van der Waals surface area contributed by atoms with Crippen molar-refractivity contribution in [2.45, 2.75) is 13.8 Å². The van der Waals surface area contributed by atoms with Crippen LogP contribution in [0, 0.1) is 0 Å². The lowest BCUT2D eigenvalue weighted by molar-refractivity contribution is -0.145. The van der Waals surface area contributed by atoms with Crippen LogP contribution in [-0.4, -0.2) is 31.6 Å². The number of hydrogen-bond donors (Lipinski definition) is 0. The largest absolute Gasteiger partial charge is 0.486 e. The van der Waals surface area contributed by atoms with Crippen LogP contribution in [0.15, 0.2) is 24.3 Å². The SMILES string of the molecule is CCOC(=O)COc1ccc(OCC(C)=O)cc1. The number of rotatable bonds is 7. The number of benzene rings is 1. The second-order valence-corrected chi connectivity index (χ2v) is 3.56. The first-order valence-electron chi connectivity index (χ1n) is 5.62. The van der Waals surface area contributed by atoms with E-state index in [2.05, 4.69) is 0 Å². The third-order valence-corrected chi connectivity index (χ3v) is 1.93. The van der Waals surface area contributed by atoms with Gasteiger partial charge in [0.15, 0.2) is 12.4 Å². The van der Waals surface area contributed by atoms with Crippen LogP contribution < -0.4 is 9.47 Å². The summed E-state index contributed by atoms with van der Waals surface area (Å²) in [6, 6.07) is 6.66. The van der Waals surface area contributed by atoms with E-state index in [9.17, 15) is 9.59 Å². The summed E-state index contributed by atoms with van der Waals surface area (Å²) in [5.41, 5.74) is 0. The lowest BCUT2D eigenvalue weighted by Crippen LogP contribution is -2.14. The van der Waals surface area contributed by atoms with Gasteiger partial charge < -0.3 is 14.2 Å². The molecule has 0 aliphatic rings. The van der Waals surface area contributed by atoms with Crippen molar-refractivity contribution in [2.24, 2.45) is 0 Å². The summed E-state index contributed by atoms with van der Waals surface area (Å²) in [7, 11) is 0. The quantitative estimate of drug-likeness (QED) is 0.690. The van der Waals surface area contributed by atoms with Crippen molar-refractivity contribution in [2.75, 3.05) is 19.8 Å². The first-order valence-corrected chi connectivity index (χ1v) is 5.62. The average molecular weight is 252 g/mol. The van der Waals surface area contributed by atoms with Crippen LogP contribution in [0.3, 0.4) is 0 Å². The van der Waals surface area contributed by atoms with Crippen LogP contribution >= 0.6 is 0 Å². The van der Waals surface area contributed by atoms with E-state index in [0.29, 0.717) is 18.1 Å².